The first-order valence-corrected chi connectivity index (χ1v) is 6.38. The summed E-state index contributed by atoms with van der Waals surface area (Å²) in [5.41, 5.74) is 0. The summed E-state index contributed by atoms with van der Waals surface area (Å²) in [7, 11) is 1.65. The second-order valence-corrected chi connectivity index (χ2v) is 4.26. The highest BCUT2D eigenvalue weighted by atomic mass is 16.5. The summed E-state index contributed by atoms with van der Waals surface area (Å²) in [6.07, 6.45) is 3.17. The second kappa shape index (κ2) is 8.44. The van der Waals surface area contributed by atoms with E-state index in [0.717, 1.165) is 19.3 Å². The first-order valence-electron chi connectivity index (χ1n) is 6.38. The number of carbonyl (C=O) groups is 1. The van der Waals surface area contributed by atoms with Crippen LogP contribution < -0.4 is 5.32 Å². The van der Waals surface area contributed by atoms with Crippen LogP contribution in [0.1, 0.15) is 26.2 Å². The summed E-state index contributed by atoms with van der Waals surface area (Å²) in [5, 5.41) is 3.24. The van der Waals surface area contributed by atoms with E-state index >= 15 is 0 Å². The predicted octanol–water partition coefficient (Wildman–Crippen LogP) is 0.598. The Kier molecular flexibility index (Phi) is 7.16. The molecule has 100 valence electrons. The van der Waals surface area contributed by atoms with Gasteiger partial charge in [-0.2, -0.15) is 0 Å². The molecule has 5 heteroatoms. The van der Waals surface area contributed by atoms with Crippen LogP contribution in [0.2, 0.25) is 0 Å². The third-order valence-electron chi connectivity index (χ3n) is 2.92. The van der Waals surface area contributed by atoms with Gasteiger partial charge in [0.15, 0.2) is 0 Å². The van der Waals surface area contributed by atoms with Gasteiger partial charge in [0.1, 0.15) is 0 Å². The number of hydrogen-bond donors (Lipinski definition) is 1. The van der Waals surface area contributed by atoms with E-state index in [1.54, 1.807) is 7.11 Å². The van der Waals surface area contributed by atoms with Crippen LogP contribution in [0.3, 0.4) is 0 Å². The number of nitrogens with zero attached hydrogens (tertiary/aromatic N) is 1. The molecule has 1 heterocycles. The predicted molar refractivity (Wildman–Crippen MR) is 65.7 cm³/mol. The van der Waals surface area contributed by atoms with E-state index in [0.29, 0.717) is 33.0 Å². The number of carbonyl (C=O) groups excluding carboxylic acids is 1. The Hall–Kier alpha value is -0.650. The molecule has 17 heavy (non-hydrogen) atoms. The Morgan fingerprint density at radius 3 is 2.94 bits per heavy atom. The molecule has 1 aliphatic heterocycles. The highest BCUT2D eigenvalue weighted by Gasteiger charge is 2.29. The molecule has 1 saturated heterocycles. The van der Waals surface area contributed by atoms with E-state index in [1.165, 1.54) is 0 Å². The van der Waals surface area contributed by atoms with Crippen molar-refractivity contribution in [1.29, 1.82) is 0 Å². The molecule has 1 N–H and O–H groups in total. The molecule has 1 fully saturated rings. The molecule has 0 aromatic heterocycles. The fourth-order valence-electron chi connectivity index (χ4n) is 1.85. The summed E-state index contributed by atoms with van der Waals surface area (Å²) >= 11 is 0. The fraction of sp³-hybridized carbons (Fsp3) is 0.917. The summed E-state index contributed by atoms with van der Waals surface area (Å²) < 4.78 is 10.2. The van der Waals surface area contributed by atoms with Crippen LogP contribution in [-0.2, 0) is 14.3 Å². The van der Waals surface area contributed by atoms with Crippen LogP contribution in [0.5, 0.6) is 0 Å². The summed E-state index contributed by atoms with van der Waals surface area (Å²) in [5.74, 6) is 0.216. The molecule has 0 aliphatic carbocycles. The maximum Gasteiger partial charge on any atom is 0.240 e. The first-order chi connectivity index (χ1) is 8.29. The number of methoxy groups -OCH3 is 1. The normalized spacial score (nSPS) is 20.2. The zero-order valence-electron chi connectivity index (χ0n) is 10.9. The number of nitrogens with one attached hydrogen (secondary N) is 1. The third-order valence-corrected chi connectivity index (χ3v) is 2.92. The number of ether oxygens (including phenoxy) is 2. The van der Waals surface area contributed by atoms with Crippen molar-refractivity contribution in [2.24, 2.45) is 0 Å². The van der Waals surface area contributed by atoms with E-state index in [4.69, 9.17) is 9.47 Å². The van der Waals surface area contributed by atoms with Crippen molar-refractivity contribution in [2.75, 3.05) is 40.1 Å². The van der Waals surface area contributed by atoms with E-state index in [2.05, 4.69) is 12.2 Å². The molecule has 1 aliphatic rings. The highest BCUT2D eigenvalue weighted by Crippen LogP contribution is 2.09. The van der Waals surface area contributed by atoms with Crippen molar-refractivity contribution in [3.63, 3.8) is 0 Å². The van der Waals surface area contributed by atoms with Gasteiger partial charge in [0.25, 0.3) is 0 Å². The lowest BCUT2D eigenvalue weighted by molar-refractivity contribution is -0.129. The molecule has 1 unspecified atom stereocenters. The van der Waals surface area contributed by atoms with Crippen LogP contribution in [0.15, 0.2) is 0 Å². The zero-order chi connectivity index (χ0) is 12.5. The first kappa shape index (κ1) is 14.4. The van der Waals surface area contributed by atoms with E-state index in [-0.39, 0.29) is 11.9 Å². The topological polar surface area (TPSA) is 50.8 Å². The van der Waals surface area contributed by atoms with Gasteiger partial charge in [-0.25, -0.2) is 0 Å². The van der Waals surface area contributed by atoms with Gasteiger partial charge in [0, 0.05) is 13.7 Å². The van der Waals surface area contributed by atoms with Crippen molar-refractivity contribution < 1.29 is 14.3 Å². The maximum absolute atomic E-state index is 11.9. The Morgan fingerprint density at radius 2 is 2.24 bits per heavy atom. The largest absolute Gasteiger partial charge is 0.382 e. The van der Waals surface area contributed by atoms with Crippen molar-refractivity contribution in [2.45, 2.75) is 32.2 Å². The van der Waals surface area contributed by atoms with E-state index < -0.39 is 0 Å². The molecule has 0 spiro atoms. The van der Waals surface area contributed by atoms with Gasteiger partial charge < -0.3 is 14.4 Å². The molecule has 1 rings (SSSR count). The lowest BCUT2D eigenvalue weighted by Crippen LogP contribution is -2.32. The molecule has 1 atom stereocenters. The SMILES string of the molecule is CCCCC1NCN(CCOCCOC)C1=O. The van der Waals surface area contributed by atoms with Gasteiger partial charge in [-0.3, -0.25) is 10.1 Å². The molecule has 5 nitrogen and oxygen atoms in total. The molecular formula is C12H24N2O3. The van der Waals surface area contributed by atoms with Crippen LogP contribution in [-0.4, -0.2) is 57.0 Å². The lowest BCUT2D eigenvalue weighted by atomic mass is 10.1. The van der Waals surface area contributed by atoms with Crippen LogP contribution in [0, 0.1) is 0 Å². The zero-order valence-corrected chi connectivity index (χ0v) is 10.9. The van der Waals surface area contributed by atoms with Crippen LogP contribution in [0.4, 0.5) is 0 Å². The molecule has 0 aromatic carbocycles. The molecule has 1 amide bonds. The average Bonchev–Trinajstić information content (AvgIpc) is 2.68. The number of unbranched alkanes of at least 4 members (excludes halogenated alkanes) is 1. The second-order valence-electron chi connectivity index (χ2n) is 4.26. The van der Waals surface area contributed by atoms with Gasteiger partial charge in [-0.15, -0.1) is 0 Å². The van der Waals surface area contributed by atoms with Crippen molar-refractivity contribution in [3.05, 3.63) is 0 Å². The fourth-order valence-corrected chi connectivity index (χ4v) is 1.85. The van der Waals surface area contributed by atoms with Gasteiger partial charge in [-0.1, -0.05) is 19.8 Å². The Labute approximate surface area is 103 Å². The summed E-state index contributed by atoms with van der Waals surface area (Å²) in [6, 6.07) is 0.0222. The number of amides is 1. The molecule has 0 aromatic rings. The molecule has 0 bridgehead atoms. The Bertz CT molecular complexity index is 224. The third kappa shape index (κ3) is 5.02. The van der Waals surface area contributed by atoms with Crippen molar-refractivity contribution in [1.82, 2.24) is 10.2 Å². The van der Waals surface area contributed by atoms with E-state index in [9.17, 15) is 4.79 Å². The van der Waals surface area contributed by atoms with Gasteiger partial charge in [0.2, 0.25) is 5.91 Å². The Balaban J connectivity index is 2.12. The number of hydrogen-bond acceptors (Lipinski definition) is 4. The quantitative estimate of drug-likeness (QED) is 0.603. The van der Waals surface area contributed by atoms with Crippen LogP contribution in [0.25, 0.3) is 0 Å². The molecule has 0 saturated carbocycles. The minimum absolute atomic E-state index is 0.0222. The number of rotatable bonds is 9. The average molecular weight is 244 g/mol. The maximum atomic E-state index is 11.9. The minimum Gasteiger partial charge on any atom is -0.382 e. The minimum atomic E-state index is 0.0222. The van der Waals surface area contributed by atoms with E-state index in [1.807, 2.05) is 4.90 Å². The van der Waals surface area contributed by atoms with Gasteiger partial charge in [-0.05, 0) is 6.42 Å². The summed E-state index contributed by atoms with van der Waals surface area (Å²) in [6.45, 7) is 5.23. The standard InChI is InChI=1S/C12H24N2O3/c1-3-4-5-11-12(15)14(10-13-11)6-7-17-9-8-16-2/h11,13H,3-10H2,1-2H3. The van der Waals surface area contributed by atoms with Gasteiger partial charge in [0.05, 0.1) is 32.5 Å². The van der Waals surface area contributed by atoms with Crippen molar-refractivity contribution >= 4 is 5.91 Å². The molecular weight excluding hydrogens is 220 g/mol. The highest BCUT2D eigenvalue weighted by molar-refractivity contribution is 5.83. The summed E-state index contributed by atoms with van der Waals surface area (Å²) in [4.78, 5) is 13.7. The smallest absolute Gasteiger partial charge is 0.240 e. The van der Waals surface area contributed by atoms with Crippen molar-refractivity contribution in [3.8, 4) is 0 Å². The van der Waals surface area contributed by atoms with Gasteiger partial charge >= 0.3 is 0 Å². The monoisotopic (exact) mass is 244 g/mol. The Morgan fingerprint density at radius 1 is 1.41 bits per heavy atom. The van der Waals surface area contributed by atoms with Crippen LogP contribution >= 0.6 is 0 Å². The molecule has 0 radical (unpaired) electrons. The lowest BCUT2D eigenvalue weighted by Gasteiger charge is -2.15.